The number of nitrogens with zero attached hydrogens (tertiary/aromatic N) is 3. The summed E-state index contributed by atoms with van der Waals surface area (Å²) < 4.78 is 6.52. The minimum Gasteiger partial charge on any atom is -0.383 e. The van der Waals surface area contributed by atoms with Gasteiger partial charge in [0, 0.05) is 31.1 Å². The highest BCUT2D eigenvalue weighted by Gasteiger charge is 2.21. The van der Waals surface area contributed by atoms with Crippen LogP contribution in [0.3, 0.4) is 0 Å². The molecule has 4 rings (SSSR count). The van der Waals surface area contributed by atoms with Gasteiger partial charge < -0.3 is 26.4 Å². The maximum Gasteiger partial charge on any atom is 0.323 e. The van der Waals surface area contributed by atoms with Crippen LogP contribution >= 0.6 is 11.6 Å². The summed E-state index contributed by atoms with van der Waals surface area (Å²) in [7, 11) is 1.56. The van der Waals surface area contributed by atoms with Crippen LogP contribution in [0.4, 0.5) is 22.0 Å². The van der Waals surface area contributed by atoms with E-state index >= 15 is 0 Å². The molecule has 5 N–H and O–H groups in total. The predicted octanol–water partition coefficient (Wildman–Crippen LogP) is 3.65. The molecule has 0 aliphatic carbocycles. The molecule has 10 nitrogen and oxygen atoms in total. The molecule has 34 heavy (non-hydrogen) atoms. The number of fused-ring (bicyclic) bond motifs is 1. The number of aromatic nitrogens is 3. The van der Waals surface area contributed by atoms with Crippen LogP contribution in [0, 0.1) is 0 Å². The normalized spacial score (nSPS) is 10.8. The number of methoxy groups -OCH3 is 1. The van der Waals surface area contributed by atoms with E-state index in [0.717, 1.165) is 0 Å². The summed E-state index contributed by atoms with van der Waals surface area (Å²) in [5.74, 6) is -0.0551. The van der Waals surface area contributed by atoms with Gasteiger partial charge in [-0.05, 0) is 29.8 Å². The van der Waals surface area contributed by atoms with Crippen molar-refractivity contribution < 1.29 is 14.3 Å². The molecular formula is C23H22ClN7O3. The van der Waals surface area contributed by atoms with E-state index in [-0.39, 0.29) is 11.7 Å². The minimum absolute atomic E-state index is 0.238. The SMILES string of the molecule is COCCNC(=O)c1cn2ncnc(N)c2c1-c1ccc(NC(=O)Nc2ccccc2Cl)cc1. The average molecular weight is 480 g/mol. The third-order valence-electron chi connectivity index (χ3n) is 4.99. The zero-order valence-electron chi connectivity index (χ0n) is 18.2. The smallest absolute Gasteiger partial charge is 0.323 e. The number of urea groups is 1. The second-order valence-corrected chi connectivity index (χ2v) is 7.65. The molecule has 0 fully saturated rings. The van der Waals surface area contributed by atoms with Crippen molar-refractivity contribution in [2.45, 2.75) is 0 Å². The number of nitrogens with two attached hydrogens (primary N) is 1. The topological polar surface area (TPSA) is 136 Å². The van der Waals surface area contributed by atoms with Crippen molar-refractivity contribution in [1.82, 2.24) is 19.9 Å². The van der Waals surface area contributed by atoms with Crippen LogP contribution in [0.5, 0.6) is 0 Å². The van der Waals surface area contributed by atoms with Crippen LogP contribution < -0.4 is 21.7 Å². The van der Waals surface area contributed by atoms with Gasteiger partial charge in [0.15, 0.2) is 5.82 Å². The first kappa shape index (κ1) is 23.0. The average Bonchev–Trinajstić information content (AvgIpc) is 3.22. The van der Waals surface area contributed by atoms with E-state index in [2.05, 4.69) is 26.0 Å². The molecule has 2 aromatic carbocycles. The molecule has 11 heteroatoms. The van der Waals surface area contributed by atoms with E-state index in [9.17, 15) is 9.59 Å². The van der Waals surface area contributed by atoms with E-state index in [0.29, 0.717) is 51.8 Å². The number of halogens is 1. The lowest BCUT2D eigenvalue weighted by atomic mass is 10.0. The molecule has 174 valence electrons. The molecule has 0 saturated carbocycles. The highest BCUT2D eigenvalue weighted by Crippen LogP contribution is 2.33. The van der Waals surface area contributed by atoms with Crippen LogP contribution in [0.2, 0.25) is 5.02 Å². The number of anilines is 3. The van der Waals surface area contributed by atoms with E-state index < -0.39 is 6.03 Å². The van der Waals surface area contributed by atoms with Gasteiger partial charge in [-0.2, -0.15) is 5.10 Å². The number of carbonyl (C=O) groups excluding carboxylic acids is 2. The van der Waals surface area contributed by atoms with Crippen molar-refractivity contribution >= 4 is 46.2 Å². The van der Waals surface area contributed by atoms with Gasteiger partial charge in [-0.1, -0.05) is 35.9 Å². The molecule has 4 aromatic rings. The molecule has 0 bridgehead atoms. The van der Waals surface area contributed by atoms with Crippen LogP contribution in [-0.4, -0.2) is 46.8 Å². The first-order valence-corrected chi connectivity index (χ1v) is 10.7. The summed E-state index contributed by atoms with van der Waals surface area (Å²) in [6.45, 7) is 0.735. The summed E-state index contributed by atoms with van der Waals surface area (Å²) in [6.07, 6.45) is 2.93. The monoisotopic (exact) mass is 479 g/mol. The molecule has 0 radical (unpaired) electrons. The highest BCUT2D eigenvalue weighted by atomic mass is 35.5. The Hall–Kier alpha value is -4.15. The lowest BCUT2D eigenvalue weighted by Crippen LogP contribution is -2.27. The number of hydrogen-bond acceptors (Lipinski definition) is 6. The Morgan fingerprint density at radius 2 is 1.88 bits per heavy atom. The Labute approximate surface area is 200 Å². The Balaban J connectivity index is 1.60. The molecule has 3 amide bonds. The second kappa shape index (κ2) is 10.2. The maximum absolute atomic E-state index is 12.9. The standard InChI is InChI=1S/C23H22ClN7O3/c1-34-11-10-26-22(32)16-12-31-20(21(25)27-13-28-31)19(16)14-6-8-15(9-7-14)29-23(33)30-18-5-3-2-4-17(18)24/h2-9,12-13H,10-11H2,1H3,(H,26,32)(H2,25,27,28)(H2,29,30,33). The fourth-order valence-corrected chi connectivity index (χ4v) is 3.61. The van der Waals surface area contributed by atoms with Gasteiger partial charge in [-0.15, -0.1) is 0 Å². The molecule has 0 saturated heterocycles. The summed E-state index contributed by atoms with van der Waals surface area (Å²) in [6, 6.07) is 13.5. The summed E-state index contributed by atoms with van der Waals surface area (Å²) in [4.78, 5) is 29.3. The third kappa shape index (κ3) is 4.92. The van der Waals surface area contributed by atoms with E-state index in [4.69, 9.17) is 22.1 Å². The van der Waals surface area contributed by atoms with Crippen molar-refractivity contribution in [3.8, 4) is 11.1 Å². The van der Waals surface area contributed by atoms with Crippen LogP contribution in [0.25, 0.3) is 16.6 Å². The minimum atomic E-state index is -0.439. The summed E-state index contributed by atoms with van der Waals surface area (Å²) in [5.41, 5.74) is 9.35. The zero-order chi connectivity index (χ0) is 24.1. The lowest BCUT2D eigenvalue weighted by Gasteiger charge is -2.10. The number of amides is 3. The Morgan fingerprint density at radius 3 is 2.62 bits per heavy atom. The van der Waals surface area contributed by atoms with Gasteiger partial charge in [0.1, 0.15) is 11.8 Å². The maximum atomic E-state index is 12.9. The Bertz CT molecular complexity index is 1340. The van der Waals surface area contributed by atoms with Gasteiger partial charge in [-0.3, -0.25) is 4.79 Å². The largest absolute Gasteiger partial charge is 0.383 e. The molecule has 0 unspecified atom stereocenters. The number of carbonyl (C=O) groups is 2. The van der Waals surface area contributed by atoms with Gasteiger partial charge >= 0.3 is 6.03 Å². The number of nitrogen functional groups attached to an aromatic ring is 1. The molecule has 0 atom stereocenters. The van der Waals surface area contributed by atoms with E-state index in [1.165, 1.54) is 10.8 Å². The fraction of sp³-hybridized carbons (Fsp3) is 0.130. The van der Waals surface area contributed by atoms with Crippen LogP contribution in [0.15, 0.2) is 61.1 Å². The summed E-state index contributed by atoms with van der Waals surface area (Å²) >= 11 is 6.09. The highest BCUT2D eigenvalue weighted by molar-refractivity contribution is 6.33. The molecule has 0 aliphatic rings. The van der Waals surface area contributed by atoms with Gasteiger partial charge in [-0.25, -0.2) is 14.3 Å². The quantitative estimate of drug-likeness (QED) is 0.299. The molecule has 0 aliphatic heterocycles. The van der Waals surface area contributed by atoms with Gasteiger partial charge in [0.25, 0.3) is 5.91 Å². The second-order valence-electron chi connectivity index (χ2n) is 7.24. The first-order chi connectivity index (χ1) is 16.5. The molecular weight excluding hydrogens is 458 g/mol. The molecule has 0 spiro atoms. The number of rotatable bonds is 7. The van der Waals surface area contributed by atoms with Crippen molar-refractivity contribution in [3.63, 3.8) is 0 Å². The van der Waals surface area contributed by atoms with Crippen molar-refractivity contribution in [3.05, 3.63) is 71.6 Å². The van der Waals surface area contributed by atoms with Gasteiger partial charge in [0.05, 0.1) is 22.9 Å². The van der Waals surface area contributed by atoms with Crippen molar-refractivity contribution in [2.75, 3.05) is 36.6 Å². The predicted molar refractivity (Wildman–Crippen MR) is 131 cm³/mol. The molecule has 2 heterocycles. The third-order valence-corrected chi connectivity index (χ3v) is 5.32. The number of para-hydroxylation sites is 1. The number of nitrogens with one attached hydrogen (secondary N) is 3. The number of hydrogen-bond donors (Lipinski definition) is 4. The zero-order valence-corrected chi connectivity index (χ0v) is 19.0. The van der Waals surface area contributed by atoms with Crippen LogP contribution in [0.1, 0.15) is 10.4 Å². The number of benzene rings is 2. The van der Waals surface area contributed by atoms with E-state index in [1.807, 2.05) is 0 Å². The number of ether oxygens (including phenoxy) is 1. The molecule has 2 aromatic heterocycles. The van der Waals surface area contributed by atoms with Crippen molar-refractivity contribution in [1.29, 1.82) is 0 Å². The first-order valence-electron chi connectivity index (χ1n) is 10.3. The van der Waals surface area contributed by atoms with Crippen LogP contribution in [-0.2, 0) is 4.74 Å². The van der Waals surface area contributed by atoms with E-state index in [1.54, 1.807) is 61.8 Å². The summed E-state index contributed by atoms with van der Waals surface area (Å²) in [5, 5.41) is 12.9. The fourth-order valence-electron chi connectivity index (χ4n) is 3.43. The van der Waals surface area contributed by atoms with Gasteiger partial charge in [0.2, 0.25) is 0 Å². The Kier molecular flexibility index (Phi) is 6.90. The Morgan fingerprint density at radius 1 is 1.12 bits per heavy atom. The van der Waals surface area contributed by atoms with Crippen molar-refractivity contribution in [2.24, 2.45) is 0 Å². The lowest BCUT2D eigenvalue weighted by molar-refractivity contribution is 0.0937.